The molecular weight excluding hydrogens is 342 g/mol. The van der Waals surface area contributed by atoms with Crippen LogP contribution in [0.3, 0.4) is 0 Å². The Labute approximate surface area is 159 Å². The van der Waals surface area contributed by atoms with E-state index in [1.807, 2.05) is 42.5 Å². The fourth-order valence-electron chi connectivity index (χ4n) is 4.15. The highest BCUT2D eigenvalue weighted by Gasteiger charge is 2.42. The van der Waals surface area contributed by atoms with Gasteiger partial charge in [-0.1, -0.05) is 37.5 Å². The molecule has 0 saturated heterocycles. The Kier molecular flexibility index (Phi) is 5.03. The van der Waals surface area contributed by atoms with E-state index in [0.717, 1.165) is 54.0 Å². The summed E-state index contributed by atoms with van der Waals surface area (Å²) in [6.07, 6.45) is 4.95. The second kappa shape index (κ2) is 7.61. The zero-order valence-electron chi connectivity index (χ0n) is 15.6. The summed E-state index contributed by atoms with van der Waals surface area (Å²) in [6.45, 7) is 0.765. The summed E-state index contributed by atoms with van der Waals surface area (Å²) in [5, 5.41) is 3.15. The van der Waals surface area contributed by atoms with Crippen LogP contribution in [0.2, 0.25) is 0 Å². The third-order valence-electron chi connectivity index (χ3n) is 5.56. The van der Waals surface area contributed by atoms with E-state index in [0.29, 0.717) is 6.61 Å². The fraction of sp³-hybridized carbons (Fsp3) is 0.409. The zero-order valence-corrected chi connectivity index (χ0v) is 15.6. The minimum atomic E-state index is -0.531. The van der Waals surface area contributed by atoms with Gasteiger partial charge in [-0.25, -0.2) is 0 Å². The lowest BCUT2D eigenvalue weighted by Crippen LogP contribution is -2.42. The molecule has 1 aliphatic heterocycles. The molecule has 4 rings (SSSR count). The van der Waals surface area contributed by atoms with Crippen LogP contribution in [0.25, 0.3) is 0 Å². The number of hydrogen-bond donors (Lipinski definition) is 1. The van der Waals surface area contributed by atoms with Crippen LogP contribution in [0.15, 0.2) is 42.5 Å². The van der Waals surface area contributed by atoms with Crippen molar-refractivity contribution in [2.24, 2.45) is 0 Å². The number of benzene rings is 2. The first-order valence-electron chi connectivity index (χ1n) is 9.51. The number of fused-ring (bicyclic) bond motifs is 1. The van der Waals surface area contributed by atoms with Gasteiger partial charge < -0.3 is 19.5 Å². The number of ether oxygens (including phenoxy) is 3. The van der Waals surface area contributed by atoms with E-state index >= 15 is 0 Å². The van der Waals surface area contributed by atoms with E-state index in [4.69, 9.17) is 14.2 Å². The van der Waals surface area contributed by atoms with Crippen molar-refractivity contribution in [2.75, 3.05) is 19.2 Å². The standard InChI is InChI=1S/C22H25NO4/c1-25-14-16-6-5-7-18(12-16)23-21(24)22(10-3-2-4-11-22)17-8-9-19-20(13-17)27-15-26-19/h5-9,12-13H,2-4,10-11,14-15H2,1H3,(H,23,24). The van der Waals surface area contributed by atoms with Gasteiger partial charge in [-0.05, 0) is 48.2 Å². The molecule has 2 aromatic rings. The smallest absolute Gasteiger partial charge is 0.235 e. The van der Waals surface area contributed by atoms with Gasteiger partial charge >= 0.3 is 0 Å². The van der Waals surface area contributed by atoms with Gasteiger partial charge in [-0.3, -0.25) is 4.79 Å². The lowest BCUT2D eigenvalue weighted by Gasteiger charge is -2.36. The SMILES string of the molecule is COCc1cccc(NC(=O)C2(c3ccc4c(c3)OCO4)CCCCC2)c1. The van der Waals surface area contributed by atoms with E-state index in [1.54, 1.807) is 7.11 Å². The molecule has 1 saturated carbocycles. The predicted octanol–water partition coefficient (Wildman–Crippen LogP) is 4.40. The Bertz CT molecular complexity index is 827. The Hall–Kier alpha value is -2.53. The van der Waals surface area contributed by atoms with Crippen molar-refractivity contribution in [3.8, 4) is 11.5 Å². The van der Waals surface area contributed by atoms with Crippen molar-refractivity contribution >= 4 is 11.6 Å². The Balaban J connectivity index is 1.63. The molecule has 2 aromatic carbocycles. The van der Waals surface area contributed by atoms with Crippen LogP contribution in [0.1, 0.15) is 43.2 Å². The second-order valence-corrected chi connectivity index (χ2v) is 7.30. The number of methoxy groups -OCH3 is 1. The molecule has 1 amide bonds. The van der Waals surface area contributed by atoms with E-state index in [-0.39, 0.29) is 12.7 Å². The molecule has 1 aliphatic carbocycles. The minimum Gasteiger partial charge on any atom is -0.454 e. The largest absolute Gasteiger partial charge is 0.454 e. The van der Waals surface area contributed by atoms with Gasteiger partial charge in [0, 0.05) is 12.8 Å². The molecule has 0 aromatic heterocycles. The molecule has 0 bridgehead atoms. The average Bonchev–Trinajstić information content (AvgIpc) is 3.17. The maximum Gasteiger partial charge on any atom is 0.235 e. The number of carbonyl (C=O) groups is 1. The molecule has 1 heterocycles. The Morgan fingerprint density at radius 3 is 2.70 bits per heavy atom. The highest BCUT2D eigenvalue weighted by molar-refractivity contribution is 5.99. The molecule has 142 valence electrons. The zero-order chi connectivity index (χ0) is 18.7. The molecule has 0 radical (unpaired) electrons. The number of nitrogens with one attached hydrogen (secondary N) is 1. The molecule has 27 heavy (non-hydrogen) atoms. The van der Waals surface area contributed by atoms with Gasteiger partial charge in [0.15, 0.2) is 11.5 Å². The summed E-state index contributed by atoms with van der Waals surface area (Å²) in [5.74, 6) is 1.53. The molecule has 0 unspecified atom stereocenters. The maximum absolute atomic E-state index is 13.4. The minimum absolute atomic E-state index is 0.0515. The van der Waals surface area contributed by atoms with Crippen molar-refractivity contribution < 1.29 is 19.0 Å². The molecule has 5 heteroatoms. The maximum atomic E-state index is 13.4. The quantitative estimate of drug-likeness (QED) is 0.851. The first-order valence-corrected chi connectivity index (χ1v) is 9.51. The molecule has 0 spiro atoms. The number of carbonyl (C=O) groups excluding carboxylic acids is 1. The van der Waals surface area contributed by atoms with Crippen molar-refractivity contribution in [3.63, 3.8) is 0 Å². The van der Waals surface area contributed by atoms with Crippen LogP contribution in [0.4, 0.5) is 5.69 Å². The summed E-state index contributed by atoms with van der Waals surface area (Å²) < 4.78 is 16.2. The third kappa shape index (κ3) is 3.52. The summed E-state index contributed by atoms with van der Waals surface area (Å²) in [7, 11) is 1.67. The predicted molar refractivity (Wildman–Crippen MR) is 103 cm³/mol. The van der Waals surface area contributed by atoms with E-state index in [9.17, 15) is 4.79 Å². The van der Waals surface area contributed by atoms with Gasteiger partial charge in [0.1, 0.15) is 0 Å². The summed E-state index contributed by atoms with van der Waals surface area (Å²) in [4.78, 5) is 13.4. The van der Waals surface area contributed by atoms with Gasteiger partial charge in [0.05, 0.1) is 12.0 Å². The summed E-state index contributed by atoms with van der Waals surface area (Å²) in [5.41, 5.74) is 2.32. The second-order valence-electron chi connectivity index (χ2n) is 7.30. The van der Waals surface area contributed by atoms with Crippen molar-refractivity contribution in [2.45, 2.75) is 44.1 Å². The average molecular weight is 367 g/mol. The van der Waals surface area contributed by atoms with E-state index < -0.39 is 5.41 Å². The van der Waals surface area contributed by atoms with Crippen LogP contribution in [-0.4, -0.2) is 19.8 Å². The van der Waals surface area contributed by atoms with Crippen LogP contribution < -0.4 is 14.8 Å². The van der Waals surface area contributed by atoms with E-state index in [1.165, 1.54) is 6.42 Å². The molecular formula is C22H25NO4. The normalized spacial score (nSPS) is 17.5. The Morgan fingerprint density at radius 1 is 1.07 bits per heavy atom. The summed E-state index contributed by atoms with van der Waals surface area (Å²) in [6, 6.07) is 13.7. The van der Waals surface area contributed by atoms with Crippen LogP contribution in [0.5, 0.6) is 11.5 Å². The first-order chi connectivity index (χ1) is 13.2. The van der Waals surface area contributed by atoms with Crippen LogP contribution in [0, 0.1) is 0 Å². The van der Waals surface area contributed by atoms with Crippen LogP contribution in [-0.2, 0) is 21.6 Å². The number of hydrogen-bond acceptors (Lipinski definition) is 4. The highest BCUT2D eigenvalue weighted by atomic mass is 16.7. The van der Waals surface area contributed by atoms with Crippen LogP contribution >= 0.6 is 0 Å². The topological polar surface area (TPSA) is 56.8 Å². The molecule has 0 atom stereocenters. The van der Waals surface area contributed by atoms with Gasteiger partial charge in [0.2, 0.25) is 12.7 Å². The van der Waals surface area contributed by atoms with E-state index in [2.05, 4.69) is 5.32 Å². The van der Waals surface area contributed by atoms with Crippen molar-refractivity contribution in [1.29, 1.82) is 0 Å². The molecule has 5 nitrogen and oxygen atoms in total. The summed E-state index contributed by atoms with van der Waals surface area (Å²) >= 11 is 0. The third-order valence-corrected chi connectivity index (χ3v) is 5.56. The first kappa shape index (κ1) is 17.9. The monoisotopic (exact) mass is 367 g/mol. The van der Waals surface area contributed by atoms with Gasteiger partial charge in [0.25, 0.3) is 0 Å². The Morgan fingerprint density at radius 2 is 1.89 bits per heavy atom. The van der Waals surface area contributed by atoms with Crippen molar-refractivity contribution in [1.82, 2.24) is 0 Å². The number of amides is 1. The lowest BCUT2D eigenvalue weighted by molar-refractivity contribution is -0.122. The van der Waals surface area contributed by atoms with Gasteiger partial charge in [-0.2, -0.15) is 0 Å². The molecule has 2 aliphatic rings. The molecule has 1 fully saturated rings. The highest BCUT2D eigenvalue weighted by Crippen LogP contribution is 2.44. The number of anilines is 1. The van der Waals surface area contributed by atoms with Crippen molar-refractivity contribution in [3.05, 3.63) is 53.6 Å². The lowest BCUT2D eigenvalue weighted by atomic mass is 9.68. The number of rotatable bonds is 5. The molecule has 1 N–H and O–H groups in total. The van der Waals surface area contributed by atoms with Gasteiger partial charge in [-0.15, -0.1) is 0 Å². The fourth-order valence-corrected chi connectivity index (χ4v) is 4.15.